The van der Waals surface area contributed by atoms with Gasteiger partial charge in [-0.2, -0.15) is 0 Å². The van der Waals surface area contributed by atoms with Gasteiger partial charge in [0.05, 0.1) is 18.9 Å². The standard InChI is InChI=1S/C19H32N6O9/c1-8(2)5-9(20)16(30)24-11(6-13(21)26)18(32)23-10(3-4-15(28)29)17(31)25-12(19(33)34)7-14(22)27/h8-12H,3-7,20H2,1-2H3,(H2,21,26)(H2,22,27)(H,23,32)(H,24,30)(H,25,31)(H,28,29)(H,33,34). The van der Waals surface area contributed by atoms with Crippen LogP contribution < -0.4 is 33.2 Å². The summed E-state index contributed by atoms with van der Waals surface area (Å²) in [6.07, 6.45) is -2.21. The molecule has 0 bridgehead atoms. The number of hydrogen-bond acceptors (Lipinski definition) is 8. The fraction of sp³-hybridized carbons (Fsp3) is 0.632. The Hall–Kier alpha value is -3.75. The van der Waals surface area contributed by atoms with Gasteiger partial charge in [-0.05, 0) is 18.8 Å². The van der Waals surface area contributed by atoms with Gasteiger partial charge in [-0.15, -0.1) is 0 Å². The Morgan fingerprint density at radius 1 is 0.735 bits per heavy atom. The quantitative estimate of drug-likeness (QED) is 0.106. The molecule has 0 aromatic heterocycles. The Balaban J connectivity index is 5.61. The lowest BCUT2D eigenvalue weighted by Crippen LogP contribution is -2.58. The van der Waals surface area contributed by atoms with Gasteiger partial charge in [-0.25, -0.2) is 4.79 Å². The summed E-state index contributed by atoms with van der Waals surface area (Å²) in [5.74, 6) is -7.78. The van der Waals surface area contributed by atoms with E-state index >= 15 is 0 Å². The van der Waals surface area contributed by atoms with Gasteiger partial charge >= 0.3 is 11.9 Å². The highest BCUT2D eigenvalue weighted by Gasteiger charge is 2.32. The van der Waals surface area contributed by atoms with Crippen LogP contribution in [0, 0.1) is 5.92 Å². The molecule has 15 nitrogen and oxygen atoms in total. The van der Waals surface area contributed by atoms with E-state index in [0.29, 0.717) is 0 Å². The van der Waals surface area contributed by atoms with Crippen molar-refractivity contribution < 1.29 is 43.8 Å². The van der Waals surface area contributed by atoms with Crippen molar-refractivity contribution >= 4 is 41.5 Å². The smallest absolute Gasteiger partial charge is 0.326 e. The molecule has 0 heterocycles. The van der Waals surface area contributed by atoms with Crippen molar-refractivity contribution in [2.75, 3.05) is 0 Å². The average Bonchev–Trinajstić information content (AvgIpc) is 2.68. The van der Waals surface area contributed by atoms with Crippen molar-refractivity contribution in [2.45, 2.75) is 70.1 Å². The maximum Gasteiger partial charge on any atom is 0.326 e. The molecule has 4 atom stereocenters. The van der Waals surface area contributed by atoms with Gasteiger partial charge in [0.2, 0.25) is 29.5 Å². The predicted octanol–water partition coefficient (Wildman–Crippen LogP) is -3.49. The number of aliphatic carboxylic acids is 2. The van der Waals surface area contributed by atoms with Crippen molar-refractivity contribution in [1.29, 1.82) is 0 Å². The molecular weight excluding hydrogens is 456 g/mol. The SMILES string of the molecule is CC(C)CC(N)C(=O)NC(CC(N)=O)C(=O)NC(CCC(=O)O)C(=O)NC(CC(N)=O)C(=O)O. The van der Waals surface area contributed by atoms with Crippen LogP contribution in [-0.4, -0.2) is 75.9 Å². The number of carbonyl (C=O) groups is 7. The number of rotatable bonds is 16. The average molecular weight is 488 g/mol. The minimum atomic E-state index is -1.73. The second-order valence-corrected chi connectivity index (χ2v) is 8.03. The summed E-state index contributed by atoms with van der Waals surface area (Å²) < 4.78 is 0. The van der Waals surface area contributed by atoms with Gasteiger partial charge in [-0.1, -0.05) is 13.8 Å². The van der Waals surface area contributed by atoms with E-state index in [1.54, 1.807) is 0 Å². The monoisotopic (exact) mass is 488 g/mol. The molecule has 0 radical (unpaired) electrons. The molecular formula is C19H32N6O9. The maximum atomic E-state index is 12.7. The lowest BCUT2D eigenvalue weighted by molar-refractivity contribution is -0.144. The van der Waals surface area contributed by atoms with E-state index in [1.165, 1.54) is 0 Å². The molecule has 5 amide bonds. The molecule has 11 N–H and O–H groups in total. The minimum Gasteiger partial charge on any atom is -0.481 e. The molecule has 0 aliphatic carbocycles. The zero-order chi connectivity index (χ0) is 26.6. The second kappa shape index (κ2) is 14.4. The molecule has 0 saturated heterocycles. The summed E-state index contributed by atoms with van der Waals surface area (Å²) >= 11 is 0. The van der Waals surface area contributed by atoms with Crippen LogP contribution >= 0.6 is 0 Å². The zero-order valence-corrected chi connectivity index (χ0v) is 18.9. The Kier molecular flexibility index (Phi) is 12.8. The van der Waals surface area contributed by atoms with Gasteiger partial charge in [-0.3, -0.25) is 28.8 Å². The fourth-order valence-corrected chi connectivity index (χ4v) is 2.79. The molecule has 0 rings (SSSR count). The van der Waals surface area contributed by atoms with Crippen LogP contribution in [0.4, 0.5) is 0 Å². The summed E-state index contributed by atoms with van der Waals surface area (Å²) in [4.78, 5) is 82.2. The summed E-state index contributed by atoms with van der Waals surface area (Å²) in [5, 5.41) is 24.5. The van der Waals surface area contributed by atoms with E-state index in [4.69, 9.17) is 27.4 Å². The molecule has 0 spiro atoms. The first-order valence-corrected chi connectivity index (χ1v) is 10.3. The third-order valence-electron chi connectivity index (χ3n) is 4.40. The molecule has 192 valence electrons. The summed E-state index contributed by atoms with van der Waals surface area (Å²) in [7, 11) is 0. The van der Waals surface area contributed by atoms with E-state index in [2.05, 4.69) is 10.6 Å². The molecule has 0 fully saturated rings. The van der Waals surface area contributed by atoms with Crippen LogP contribution in [0.5, 0.6) is 0 Å². The van der Waals surface area contributed by atoms with E-state index in [9.17, 15) is 33.6 Å². The molecule has 34 heavy (non-hydrogen) atoms. The van der Waals surface area contributed by atoms with Crippen LogP contribution in [0.3, 0.4) is 0 Å². The van der Waals surface area contributed by atoms with Crippen LogP contribution in [0.2, 0.25) is 0 Å². The lowest BCUT2D eigenvalue weighted by Gasteiger charge is -2.24. The number of hydrogen-bond donors (Lipinski definition) is 8. The third kappa shape index (κ3) is 12.3. The van der Waals surface area contributed by atoms with Crippen LogP contribution in [0.25, 0.3) is 0 Å². The first kappa shape index (κ1) is 30.2. The van der Waals surface area contributed by atoms with Gasteiger partial charge in [0.25, 0.3) is 0 Å². The van der Waals surface area contributed by atoms with Gasteiger partial charge < -0.3 is 43.4 Å². The first-order valence-electron chi connectivity index (χ1n) is 10.3. The first-order chi connectivity index (χ1) is 15.6. The number of nitrogens with two attached hydrogens (primary N) is 3. The number of carboxylic acid groups (broad SMARTS) is 2. The third-order valence-corrected chi connectivity index (χ3v) is 4.40. The zero-order valence-electron chi connectivity index (χ0n) is 18.9. The van der Waals surface area contributed by atoms with Gasteiger partial charge in [0.15, 0.2) is 0 Å². The predicted molar refractivity (Wildman–Crippen MR) is 115 cm³/mol. The molecule has 0 saturated carbocycles. The summed E-state index contributed by atoms with van der Waals surface area (Å²) in [6.45, 7) is 3.63. The van der Waals surface area contributed by atoms with Crippen molar-refractivity contribution in [3.05, 3.63) is 0 Å². The van der Waals surface area contributed by atoms with E-state index < -0.39 is 91.3 Å². The Morgan fingerprint density at radius 3 is 1.62 bits per heavy atom. The second-order valence-electron chi connectivity index (χ2n) is 8.03. The highest BCUT2D eigenvalue weighted by atomic mass is 16.4. The van der Waals surface area contributed by atoms with Crippen molar-refractivity contribution in [3.63, 3.8) is 0 Å². The van der Waals surface area contributed by atoms with Gasteiger partial charge in [0.1, 0.15) is 18.1 Å². The summed E-state index contributed by atoms with van der Waals surface area (Å²) in [5.41, 5.74) is 15.9. The molecule has 15 heteroatoms. The van der Waals surface area contributed by atoms with E-state index in [1.807, 2.05) is 19.2 Å². The molecule has 0 aromatic rings. The van der Waals surface area contributed by atoms with Crippen LogP contribution in [0.1, 0.15) is 46.0 Å². The summed E-state index contributed by atoms with van der Waals surface area (Å²) in [6, 6.07) is -5.86. The Labute approximate surface area is 195 Å². The Morgan fingerprint density at radius 2 is 1.18 bits per heavy atom. The van der Waals surface area contributed by atoms with E-state index in [0.717, 1.165) is 0 Å². The van der Waals surface area contributed by atoms with Crippen molar-refractivity contribution in [1.82, 2.24) is 16.0 Å². The Bertz CT molecular complexity index is 801. The largest absolute Gasteiger partial charge is 0.481 e. The maximum absolute atomic E-state index is 12.7. The van der Waals surface area contributed by atoms with Gasteiger partial charge in [0, 0.05) is 6.42 Å². The molecule has 4 unspecified atom stereocenters. The number of nitrogens with one attached hydrogen (secondary N) is 3. The molecule has 0 aromatic carbocycles. The van der Waals surface area contributed by atoms with E-state index in [-0.39, 0.29) is 12.3 Å². The van der Waals surface area contributed by atoms with Crippen molar-refractivity contribution in [2.24, 2.45) is 23.1 Å². The number of primary amides is 2. The normalized spacial score (nSPS) is 14.2. The van der Waals surface area contributed by atoms with Crippen LogP contribution in [0.15, 0.2) is 0 Å². The lowest BCUT2D eigenvalue weighted by atomic mass is 10.0. The number of amides is 5. The van der Waals surface area contributed by atoms with Crippen LogP contribution in [-0.2, 0) is 33.6 Å². The highest BCUT2D eigenvalue weighted by molar-refractivity contribution is 5.96. The topological polar surface area (TPSA) is 274 Å². The van der Waals surface area contributed by atoms with Crippen molar-refractivity contribution in [3.8, 4) is 0 Å². The number of carboxylic acids is 2. The molecule has 0 aliphatic heterocycles. The molecule has 0 aliphatic rings. The minimum absolute atomic E-state index is 0.0517. The fourth-order valence-electron chi connectivity index (χ4n) is 2.79. The highest BCUT2D eigenvalue weighted by Crippen LogP contribution is 2.06. The number of carbonyl (C=O) groups excluding carboxylic acids is 5.